The molecule has 0 aliphatic heterocycles. The first-order valence-electron chi connectivity index (χ1n) is 4.89. The van der Waals surface area contributed by atoms with Crippen molar-refractivity contribution < 1.29 is 5.11 Å². The molecule has 0 spiro atoms. The van der Waals surface area contributed by atoms with Gasteiger partial charge in [0.05, 0.1) is 5.56 Å². The minimum absolute atomic E-state index is 0.0474. The Hall–Kier alpha value is -1.83. The first kappa shape index (κ1) is 9.71. The van der Waals surface area contributed by atoms with Crippen molar-refractivity contribution in [2.45, 2.75) is 13.8 Å². The zero-order valence-electron chi connectivity index (χ0n) is 8.82. The second-order valence-corrected chi connectivity index (χ2v) is 3.59. The van der Waals surface area contributed by atoms with Crippen molar-refractivity contribution >= 4 is 0 Å². The lowest BCUT2D eigenvalue weighted by Gasteiger charge is -2.06. The van der Waals surface area contributed by atoms with Gasteiger partial charge in [-0.1, -0.05) is 30.3 Å². The average molecular weight is 198 g/mol. The van der Waals surface area contributed by atoms with Crippen molar-refractivity contribution in [3.8, 4) is 16.9 Å². The van der Waals surface area contributed by atoms with Crippen molar-refractivity contribution in [3.05, 3.63) is 47.8 Å². The summed E-state index contributed by atoms with van der Waals surface area (Å²) >= 11 is 0. The highest BCUT2D eigenvalue weighted by Crippen LogP contribution is 2.31. The Bertz CT molecular complexity index is 454. The molecule has 0 fully saturated rings. The van der Waals surface area contributed by atoms with E-state index in [1.807, 2.05) is 44.2 Å². The van der Waals surface area contributed by atoms with E-state index < -0.39 is 0 Å². The van der Waals surface area contributed by atoms with Crippen LogP contribution in [-0.4, -0.2) is 4.98 Å². The Morgan fingerprint density at radius 3 is 2.33 bits per heavy atom. The van der Waals surface area contributed by atoms with Gasteiger partial charge in [-0.15, -0.1) is 0 Å². The maximum atomic E-state index is 11.8. The van der Waals surface area contributed by atoms with Gasteiger partial charge in [-0.05, 0) is 19.4 Å². The molecule has 2 nitrogen and oxygen atoms in total. The van der Waals surface area contributed by atoms with Crippen LogP contribution in [0.1, 0.15) is 11.4 Å². The van der Waals surface area contributed by atoms with Gasteiger partial charge in [-0.2, -0.15) is 0 Å². The van der Waals surface area contributed by atoms with E-state index in [4.69, 9.17) is 0 Å². The number of aromatic nitrogens is 1. The Balaban J connectivity index is 2.64. The fourth-order valence-corrected chi connectivity index (χ4v) is 1.75. The van der Waals surface area contributed by atoms with Gasteiger partial charge in [-0.3, -0.25) is 10.1 Å². The third kappa shape index (κ3) is 1.84. The molecule has 0 aliphatic rings. The van der Waals surface area contributed by atoms with E-state index in [2.05, 4.69) is 4.98 Å². The minimum Gasteiger partial charge on any atom is -0.289 e. The normalized spacial score (nSPS) is 10.3. The standard InChI is InChI=1S/C13H12NO/c1-9-8-12(15)13(10(2)14-9)11-6-4-3-5-7-11/h3-8H,1-2H3. The summed E-state index contributed by atoms with van der Waals surface area (Å²) in [5, 5.41) is 11.8. The van der Waals surface area contributed by atoms with Crippen molar-refractivity contribution in [2.75, 3.05) is 0 Å². The van der Waals surface area contributed by atoms with Gasteiger partial charge < -0.3 is 0 Å². The van der Waals surface area contributed by atoms with E-state index in [1.54, 1.807) is 6.07 Å². The van der Waals surface area contributed by atoms with E-state index in [9.17, 15) is 5.11 Å². The number of nitrogens with zero attached hydrogens (tertiary/aromatic N) is 1. The molecular weight excluding hydrogens is 186 g/mol. The summed E-state index contributed by atoms with van der Waals surface area (Å²) in [4.78, 5) is 4.31. The average Bonchev–Trinajstić information content (AvgIpc) is 2.17. The first-order chi connectivity index (χ1) is 7.18. The maximum Gasteiger partial charge on any atom is 0.190 e. The van der Waals surface area contributed by atoms with Crippen molar-refractivity contribution in [1.82, 2.24) is 4.98 Å². The first-order valence-corrected chi connectivity index (χ1v) is 4.89. The molecule has 0 bridgehead atoms. The predicted octanol–water partition coefficient (Wildman–Crippen LogP) is 3.51. The van der Waals surface area contributed by atoms with Gasteiger partial charge in [-0.25, -0.2) is 0 Å². The number of benzene rings is 1. The highest BCUT2D eigenvalue weighted by molar-refractivity contribution is 5.72. The van der Waals surface area contributed by atoms with Crippen LogP contribution in [0.25, 0.3) is 11.1 Å². The number of aryl methyl sites for hydroxylation is 2. The molecule has 1 aromatic heterocycles. The van der Waals surface area contributed by atoms with Crippen LogP contribution >= 0.6 is 0 Å². The minimum atomic E-state index is 0.0474. The topological polar surface area (TPSA) is 32.8 Å². The highest BCUT2D eigenvalue weighted by atomic mass is 16.3. The molecular formula is C13H12NO. The second kappa shape index (κ2) is 3.73. The van der Waals surface area contributed by atoms with Crippen LogP contribution in [0.3, 0.4) is 0 Å². The van der Waals surface area contributed by atoms with Gasteiger partial charge >= 0.3 is 0 Å². The Morgan fingerprint density at radius 2 is 1.73 bits per heavy atom. The van der Waals surface area contributed by atoms with Gasteiger partial charge in [0.2, 0.25) is 0 Å². The largest absolute Gasteiger partial charge is 0.289 e. The summed E-state index contributed by atoms with van der Waals surface area (Å²) in [5.74, 6) is 0.0474. The van der Waals surface area contributed by atoms with Crippen LogP contribution < -0.4 is 0 Å². The fraction of sp³-hybridized carbons (Fsp3) is 0.154. The number of hydrogen-bond donors (Lipinski definition) is 0. The maximum absolute atomic E-state index is 11.8. The van der Waals surface area contributed by atoms with E-state index in [0.717, 1.165) is 17.0 Å². The predicted molar refractivity (Wildman–Crippen MR) is 59.3 cm³/mol. The van der Waals surface area contributed by atoms with Gasteiger partial charge in [0.1, 0.15) is 0 Å². The summed E-state index contributed by atoms with van der Waals surface area (Å²) in [6, 6.07) is 11.2. The lowest BCUT2D eigenvalue weighted by Crippen LogP contribution is -1.90. The molecule has 2 aromatic rings. The van der Waals surface area contributed by atoms with Crippen LogP contribution in [0.15, 0.2) is 36.4 Å². The van der Waals surface area contributed by atoms with Crippen molar-refractivity contribution in [2.24, 2.45) is 0 Å². The molecule has 0 atom stereocenters. The Morgan fingerprint density at radius 1 is 1.07 bits per heavy atom. The molecule has 0 saturated carbocycles. The molecule has 15 heavy (non-hydrogen) atoms. The summed E-state index contributed by atoms with van der Waals surface area (Å²) < 4.78 is 0. The molecule has 0 saturated heterocycles. The quantitative estimate of drug-likeness (QED) is 0.690. The van der Waals surface area contributed by atoms with Gasteiger partial charge in [0.15, 0.2) is 5.75 Å². The molecule has 0 N–H and O–H groups in total. The van der Waals surface area contributed by atoms with Crippen molar-refractivity contribution in [3.63, 3.8) is 0 Å². The van der Waals surface area contributed by atoms with Gasteiger partial charge in [0, 0.05) is 17.5 Å². The van der Waals surface area contributed by atoms with E-state index in [1.165, 1.54) is 0 Å². The fourth-order valence-electron chi connectivity index (χ4n) is 1.75. The number of hydrogen-bond acceptors (Lipinski definition) is 1. The smallest absolute Gasteiger partial charge is 0.190 e. The third-order valence-electron chi connectivity index (χ3n) is 2.35. The lowest BCUT2D eigenvalue weighted by atomic mass is 10.0. The van der Waals surface area contributed by atoms with E-state index in [0.29, 0.717) is 5.56 Å². The SMILES string of the molecule is Cc1cc([O])c(-c2ccccc2)c(C)n1. The van der Waals surface area contributed by atoms with E-state index >= 15 is 0 Å². The lowest BCUT2D eigenvalue weighted by molar-refractivity contribution is 0.355. The molecule has 1 radical (unpaired) electrons. The summed E-state index contributed by atoms with van der Waals surface area (Å²) in [6.07, 6.45) is 0. The summed E-state index contributed by atoms with van der Waals surface area (Å²) in [6.45, 7) is 3.71. The van der Waals surface area contributed by atoms with Crippen LogP contribution in [0.2, 0.25) is 0 Å². The molecule has 0 aliphatic carbocycles. The highest BCUT2D eigenvalue weighted by Gasteiger charge is 2.10. The van der Waals surface area contributed by atoms with Crippen LogP contribution in [0.4, 0.5) is 0 Å². The zero-order chi connectivity index (χ0) is 10.8. The molecule has 75 valence electrons. The molecule has 2 heteroatoms. The van der Waals surface area contributed by atoms with E-state index in [-0.39, 0.29) is 5.75 Å². The number of rotatable bonds is 1. The monoisotopic (exact) mass is 198 g/mol. The third-order valence-corrected chi connectivity index (χ3v) is 2.35. The molecule has 1 aromatic carbocycles. The van der Waals surface area contributed by atoms with Crippen molar-refractivity contribution in [1.29, 1.82) is 0 Å². The molecule has 2 rings (SSSR count). The van der Waals surface area contributed by atoms with Crippen LogP contribution in [-0.2, 0) is 5.11 Å². The summed E-state index contributed by atoms with van der Waals surface area (Å²) in [7, 11) is 0. The number of pyridine rings is 1. The summed E-state index contributed by atoms with van der Waals surface area (Å²) in [5.41, 5.74) is 3.22. The van der Waals surface area contributed by atoms with Crippen LogP contribution in [0, 0.1) is 13.8 Å². The molecule has 0 unspecified atom stereocenters. The van der Waals surface area contributed by atoms with Crippen LogP contribution in [0.5, 0.6) is 5.75 Å². The molecule has 0 amide bonds. The Labute approximate surface area is 89.2 Å². The second-order valence-electron chi connectivity index (χ2n) is 3.59. The zero-order valence-corrected chi connectivity index (χ0v) is 8.82. The van der Waals surface area contributed by atoms with Gasteiger partial charge in [0.25, 0.3) is 0 Å². The molecule has 1 heterocycles. The Kier molecular flexibility index (Phi) is 2.42.